The van der Waals surface area contributed by atoms with Crippen LogP contribution in [0.2, 0.25) is 0 Å². The third kappa shape index (κ3) is 6.73. The summed E-state index contributed by atoms with van der Waals surface area (Å²) in [5.41, 5.74) is 1.25. The molecule has 1 aliphatic rings. The maximum absolute atomic E-state index is 11.6. The Morgan fingerprint density at radius 1 is 1.41 bits per heavy atom. The van der Waals surface area contributed by atoms with Crippen LogP contribution in [0.5, 0.6) is 0 Å². The van der Waals surface area contributed by atoms with Crippen molar-refractivity contribution in [2.45, 2.75) is 12.8 Å². The highest BCUT2D eigenvalue weighted by Gasteiger charge is 2.23. The fourth-order valence-electron chi connectivity index (χ4n) is 2.49. The predicted octanol–water partition coefficient (Wildman–Crippen LogP) is 2.84. The highest BCUT2D eigenvalue weighted by Crippen LogP contribution is 2.25. The van der Waals surface area contributed by atoms with Crippen molar-refractivity contribution in [3.05, 3.63) is 28.7 Å². The summed E-state index contributed by atoms with van der Waals surface area (Å²) in [4.78, 5) is 14.0. The van der Waals surface area contributed by atoms with Crippen LogP contribution in [0.4, 0.5) is 5.69 Å². The molecule has 1 aromatic rings. The number of anilines is 1. The van der Waals surface area contributed by atoms with Crippen LogP contribution in [0.25, 0.3) is 0 Å². The molecule has 0 aromatic heterocycles. The molecule has 2 N–H and O–H groups in total. The highest BCUT2D eigenvalue weighted by atomic mass is 79.9. The molecule has 1 aliphatic heterocycles. The van der Waals surface area contributed by atoms with Crippen LogP contribution in [0.1, 0.15) is 12.8 Å². The molecule has 22 heavy (non-hydrogen) atoms. The summed E-state index contributed by atoms with van der Waals surface area (Å²) in [6.07, 6.45) is 1.69. The van der Waals surface area contributed by atoms with Gasteiger partial charge in [-0.1, -0.05) is 22.0 Å². The number of carbonyl (C=O) groups is 1. The number of benzene rings is 1. The molecule has 4 nitrogen and oxygen atoms in total. The number of hydrogen-bond acceptors (Lipinski definition) is 3. The molecule has 1 atom stereocenters. The highest BCUT2D eigenvalue weighted by molar-refractivity contribution is 9.10. The number of carbonyl (C=O) groups excluding carboxylic acids is 1. The summed E-state index contributed by atoms with van der Waals surface area (Å²) in [6, 6.07) is 8.39. The topological polar surface area (TPSA) is 44.4 Å². The number of amides is 1. The second-order valence-electron chi connectivity index (χ2n) is 5.24. The van der Waals surface area contributed by atoms with Crippen molar-refractivity contribution in [3.63, 3.8) is 0 Å². The first-order valence-electron chi connectivity index (χ1n) is 7.11. The molecule has 126 valence electrons. The molecule has 0 bridgehead atoms. The van der Waals surface area contributed by atoms with Gasteiger partial charge in [0.2, 0.25) is 5.91 Å². The number of rotatable bonds is 6. The Morgan fingerprint density at radius 3 is 2.86 bits per heavy atom. The third-order valence-corrected chi connectivity index (χ3v) is 4.14. The van der Waals surface area contributed by atoms with Crippen molar-refractivity contribution in [1.82, 2.24) is 10.6 Å². The maximum atomic E-state index is 11.6. The van der Waals surface area contributed by atoms with E-state index in [0.29, 0.717) is 12.3 Å². The SMILES string of the molecule is CNCCC(=O)NCC1CCN(c2cccc(Br)c2)C1.Cl.Cl. The van der Waals surface area contributed by atoms with E-state index in [4.69, 9.17) is 0 Å². The lowest BCUT2D eigenvalue weighted by Gasteiger charge is -2.19. The summed E-state index contributed by atoms with van der Waals surface area (Å²) in [7, 11) is 1.86. The molecule has 7 heteroatoms. The van der Waals surface area contributed by atoms with Gasteiger partial charge < -0.3 is 15.5 Å². The van der Waals surface area contributed by atoms with Crippen molar-refractivity contribution in [1.29, 1.82) is 0 Å². The number of nitrogens with zero attached hydrogens (tertiary/aromatic N) is 1. The largest absolute Gasteiger partial charge is 0.371 e. The van der Waals surface area contributed by atoms with Crippen molar-refractivity contribution in [2.75, 3.05) is 38.1 Å². The van der Waals surface area contributed by atoms with E-state index in [-0.39, 0.29) is 30.7 Å². The molecule has 0 saturated carbocycles. The molecule has 1 heterocycles. The summed E-state index contributed by atoms with van der Waals surface area (Å²) >= 11 is 3.51. The molecule has 0 spiro atoms. The van der Waals surface area contributed by atoms with Gasteiger partial charge in [0.25, 0.3) is 0 Å². The minimum absolute atomic E-state index is 0. The van der Waals surface area contributed by atoms with Crippen LogP contribution >= 0.6 is 40.7 Å². The molecule has 1 saturated heterocycles. The van der Waals surface area contributed by atoms with E-state index in [9.17, 15) is 4.79 Å². The van der Waals surface area contributed by atoms with Crippen molar-refractivity contribution in [3.8, 4) is 0 Å². The Morgan fingerprint density at radius 2 is 2.18 bits per heavy atom. The summed E-state index contributed by atoms with van der Waals surface area (Å²) in [5, 5.41) is 6.01. The number of hydrogen-bond donors (Lipinski definition) is 2. The Labute approximate surface area is 153 Å². The van der Waals surface area contributed by atoms with E-state index in [1.165, 1.54) is 5.69 Å². The molecule has 0 aliphatic carbocycles. The average molecular weight is 413 g/mol. The first-order chi connectivity index (χ1) is 9.69. The van der Waals surface area contributed by atoms with Crippen LogP contribution in [-0.4, -0.2) is 39.1 Å². The number of halogens is 3. The smallest absolute Gasteiger partial charge is 0.221 e. The van der Waals surface area contributed by atoms with Gasteiger partial charge in [-0.2, -0.15) is 0 Å². The monoisotopic (exact) mass is 411 g/mol. The number of nitrogens with one attached hydrogen (secondary N) is 2. The zero-order valence-electron chi connectivity index (χ0n) is 12.7. The van der Waals surface area contributed by atoms with E-state index >= 15 is 0 Å². The van der Waals surface area contributed by atoms with E-state index in [1.807, 2.05) is 13.1 Å². The van der Waals surface area contributed by atoms with Crippen LogP contribution < -0.4 is 15.5 Å². The molecule has 1 aromatic carbocycles. The lowest BCUT2D eigenvalue weighted by Crippen LogP contribution is -2.32. The van der Waals surface area contributed by atoms with E-state index < -0.39 is 0 Å². The van der Waals surface area contributed by atoms with Crippen LogP contribution in [-0.2, 0) is 4.79 Å². The molecule has 1 amide bonds. The van der Waals surface area contributed by atoms with Gasteiger partial charge in [-0.05, 0) is 37.6 Å². The molecular formula is C15H24BrCl2N3O. The van der Waals surface area contributed by atoms with Gasteiger partial charge in [0.1, 0.15) is 0 Å². The Balaban J connectivity index is 0.00000220. The van der Waals surface area contributed by atoms with Crippen molar-refractivity contribution in [2.24, 2.45) is 5.92 Å². The van der Waals surface area contributed by atoms with E-state index in [0.717, 1.165) is 37.1 Å². The Hall–Kier alpha value is -0.490. The minimum Gasteiger partial charge on any atom is -0.371 e. The lowest BCUT2D eigenvalue weighted by molar-refractivity contribution is -0.121. The van der Waals surface area contributed by atoms with Gasteiger partial charge >= 0.3 is 0 Å². The second-order valence-corrected chi connectivity index (χ2v) is 6.15. The lowest BCUT2D eigenvalue weighted by atomic mass is 10.1. The molecular weight excluding hydrogens is 389 g/mol. The zero-order chi connectivity index (χ0) is 14.4. The zero-order valence-corrected chi connectivity index (χ0v) is 15.9. The van der Waals surface area contributed by atoms with Gasteiger partial charge in [0.15, 0.2) is 0 Å². The van der Waals surface area contributed by atoms with Crippen molar-refractivity contribution < 1.29 is 4.79 Å². The summed E-state index contributed by atoms with van der Waals surface area (Å²) < 4.78 is 1.11. The van der Waals surface area contributed by atoms with Crippen molar-refractivity contribution >= 4 is 52.3 Å². The Kier molecular flexibility index (Phi) is 10.9. The minimum atomic E-state index is 0. The van der Waals surface area contributed by atoms with Gasteiger partial charge in [-0.3, -0.25) is 4.79 Å². The fourth-order valence-corrected chi connectivity index (χ4v) is 2.88. The molecule has 1 fully saturated rings. The molecule has 0 radical (unpaired) electrons. The second kappa shape index (κ2) is 11.1. The van der Waals surface area contributed by atoms with Gasteiger partial charge in [-0.25, -0.2) is 0 Å². The normalized spacial score (nSPS) is 16.6. The van der Waals surface area contributed by atoms with Crippen LogP contribution in [0.15, 0.2) is 28.7 Å². The summed E-state index contributed by atoms with van der Waals surface area (Å²) in [5.74, 6) is 0.688. The van der Waals surface area contributed by atoms with Gasteiger partial charge in [0.05, 0.1) is 0 Å². The standard InChI is InChI=1S/C15H22BrN3O.2ClH/c1-17-7-5-15(20)18-10-12-6-8-19(11-12)14-4-2-3-13(16)9-14;;/h2-4,9,12,17H,5-8,10-11H2,1H3,(H,18,20);2*1H. The first kappa shape index (κ1) is 21.5. The van der Waals surface area contributed by atoms with Crippen LogP contribution in [0, 0.1) is 5.92 Å². The third-order valence-electron chi connectivity index (χ3n) is 3.65. The quantitative estimate of drug-likeness (QED) is 0.754. The van der Waals surface area contributed by atoms with Crippen LogP contribution in [0.3, 0.4) is 0 Å². The summed E-state index contributed by atoms with van der Waals surface area (Å²) in [6.45, 7) is 3.60. The van der Waals surface area contributed by atoms with Gasteiger partial charge in [0, 0.05) is 42.8 Å². The van der Waals surface area contributed by atoms with Gasteiger partial charge in [-0.15, -0.1) is 24.8 Å². The molecule has 1 unspecified atom stereocenters. The maximum Gasteiger partial charge on any atom is 0.221 e. The Bertz CT molecular complexity index is 462. The molecule has 2 rings (SSSR count). The predicted molar refractivity (Wildman–Crippen MR) is 101 cm³/mol. The van der Waals surface area contributed by atoms with E-state index in [1.54, 1.807) is 0 Å². The fraction of sp³-hybridized carbons (Fsp3) is 0.533. The van der Waals surface area contributed by atoms with E-state index in [2.05, 4.69) is 49.7 Å². The average Bonchev–Trinajstić information content (AvgIpc) is 2.92. The first-order valence-corrected chi connectivity index (χ1v) is 7.90.